The highest BCUT2D eigenvalue weighted by molar-refractivity contribution is 5.76. The van der Waals surface area contributed by atoms with Crippen LogP contribution in [0, 0.1) is 0 Å². The number of para-hydroxylation sites is 2. The van der Waals surface area contributed by atoms with Crippen molar-refractivity contribution in [2.75, 3.05) is 0 Å². The summed E-state index contributed by atoms with van der Waals surface area (Å²) in [6.45, 7) is 8.56. The lowest BCUT2D eigenvalue weighted by Crippen LogP contribution is -2.20. The Bertz CT molecular complexity index is 586. The molecule has 1 heterocycles. The maximum absolute atomic E-state index is 10.6. The number of benzene rings is 1. The Kier molecular flexibility index (Phi) is 3.46. The zero-order valence-electron chi connectivity index (χ0n) is 10.7. The number of carbonyl (C=O) groups excluding carboxylic acids is 1. The van der Waals surface area contributed by atoms with E-state index in [1.54, 1.807) is 0 Å². The zero-order chi connectivity index (χ0) is 13.1. The molecule has 94 valence electrons. The summed E-state index contributed by atoms with van der Waals surface area (Å²) in [5.41, 5.74) is 3.06. The molecule has 0 radical (unpaired) electrons. The van der Waals surface area contributed by atoms with E-state index in [0.717, 1.165) is 22.4 Å². The summed E-state index contributed by atoms with van der Waals surface area (Å²) in [6.07, 6.45) is 0.703. The van der Waals surface area contributed by atoms with Crippen LogP contribution in [0.2, 0.25) is 0 Å². The fourth-order valence-electron chi connectivity index (χ4n) is 2.04. The molecule has 0 saturated carbocycles. The van der Waals surface area contributed by atoms with E-state index in [2.05, 4.69) is 21.4 Å². The Morgan fingerprint density at radius 3 is 2.94 bits per heavy atom. The number of amides is 1. The van der Waals surface area contributed by atoms with E-state index in [9.17, 15) is 4.79 Å². The van der Waals surface area contributed by atoms with Gasteiger partial charge in [0.25, 0.3) is 0 Å². The molecule has 1 aromatic heterocycles. The standard InChI is InChI=1S/C14H17N3O/c1-10(2)8-17-13-7-5-4-6-12(13)16-14(17)11(3)15-9-18/h4-7,9,11H,1,8H2,2-3H3,(H,15,18). The third kappa shape index (κ3) is 2.27. The number of hydrogen-bond donors (Lipinski definition) is 1. The first-order valence-corrected chi connectivity index (χ1v) is 5.92. The van der Waals surface area contributed by atoms with Gasteiger partial charge in [0.15, 0.2) is 0 Å². The van der Waals surface area contributed by atoms with E-state index in [4.69, 9.17) is 0 Å². The second kappa shape index (κ2) is 5.04. The van der Waals surface area contributed by atoms with Crippen LogP contribution in [-0.4, -0.2) is 16.0 Å². The van der Waals surface area contributed by atoms with Crippen LogP contribution in [0.5, 0.6) is 0 Å². The molecule has 0 aliphatic heterocycles. The van der Waals surface area contributed by atoms with Crippen molar-refractivity contribution in [2.24, 2.45) is 0 Å². The summed E-state index contributed by atoms with van der Waals surface area (Å²) in [5.74, 6) is 0.853. The molecule has 1 atom stereocenters. The van der Waals surface area contributed by atoms with E-state index in [-0.39, 0.29) is 6.04 Å². The quantitative estimate of drug-likeness (QED) is 0.647. The molecule has 0 saturated heterocycles. The fourth-order valence-corrected chi connectivity index (χ4v) is 2.04. The van der Waals surface area contributed by atoms with Gasteiger partial charge < -0.3 is 9.88 Å². The lowest BCUT2D eigenvalue weighted by molar-refractivity contribution is -0.110. The predicted octanol–water partition coefficient (Wildman–Crippen LogP) is 2.42. The number of imidazole rings is 1. The van der Waals surface area contributed by atoms with Crippen LogP contribution >= 0.6 is 0 Å². The molecular weight excluding hydrogens is 226 g/mol. The lowest BCUT2D eigenvalue weighted by Gasteiger charge is -2.13. The van der Waals surface area contributed by atoms with Gasteiger partial charge in [0, 0.05) is 6.54 Å². The van der Waals surface area contributed by atoms with Gasteiger partial charge in [0.1, 0.15) is 5.82 Å². The van der Waals surface area contributed by atoms with Crippen molar-refractivity contribution in [3.8, 4) is 0 Å². The largest absolute Gasteiger partial charge is 0.349 e. The SMILES string of the molecule is C=C(C)Cn1c(C(C)NC=O)nc2ccccc21. The van der Waals surface area contributed by atoms with Crippen LogP contribution in [0.25, 0.3) is 11.0 Å². The Labute approximate surface area is 106 Å². The minimum absolute atomic E-state index is 0.116. The molecular formula is C14H17N3O. The van der Waals surface area contributed by atoms with Crippen molar-refractivity contribution < 1.29 is 4.79 Å². The van der Waals surface area contributed by atoms with E-state index >= 15 is 0 Å². The van der Waals surface area contributed by atoms with E-state index in [0.29, 0.717) is 13.0 Å². The van der Waals surface area contributed by atoms with Gasteiger partial charge in [-0.25, -0.2) is 4.98 Å². The molecule has 18 heavy (non-hydrogen) atoms. The van der Waals surface area contributed by atoms with Gasteiger partial charge in [0.05, 0.1) is 17.1 Å². The van der Waals surface area contributed by atoms with Crippen molar-refractivity contribution in [2.45, 2.75) is 26.4 Å². The molecule has 2 aromatic rings. The van der Waals surface area contributed by atoms with Gasteiger partial charge in [-0.15, -0.1) is 0 Å². The van der Waals surface area contributed by atoms with Crippen LogP contribution in [0.15, 0.2) is 36.4 Å². The summed E-state index contributed by atoms with van der Waals surface area (Å²) < 4.78 is 2.10. The number of allylic oxidation sites excluding steroid dienone is 1. The van der Waals surface area contributed by atoms with E-state index in [1.165, 1.54) is 0 Å². The summed E-state index contributed by atoms with van der Waals surface area (Å²) in [6, 6.07) is 7.83. The molecule has 1 amide bonds. The van der Waals surface area contributed by atoms with Crippen LogP contribution < -0.4 is 5.32 Å². The molecule has 0 fully saturated rings. The number of aromatic nitrogens is 2. The first-order chi connectivity index (χ1) is 8.63. The van der Waals surface area contributed by atoms with Crippen molar-refractivity contribution in [1.82, 2.24) is 14.9 Å². The number of nitrogens with one attached hydrogen (secondary N) is 1. The average molecular weight is 243 g/mol. The number of carbonyl (C=O) groups is 1. The monoisotopic (exact) mass is 243 g/mol. The highest BCUT2D eigenvalue weighted by atomic mass is 16.1. The smallest absolute Gasteiger partial charge is 0.207 e. The third-order valence-corrected chi connectivity index (χ3v) is 2.82. The minimum atomic E-state index is -0.116. The van der Waals surface area contributed by atoms with Crippen molar-refractivity contribution in [3.63, 3.8) is 0 Å². The molecule has 1 aromatic carbocycles. The van der Waals surface area contributed by atoms with Crippen molar-refractivity contribution >= 4 is 17.4 Å². The zero-order valence-corrected chi connectivity index (χ0v) is 10.7. The molecule has 0 aliphatic rings. The Balaban J connectivity index is 2.55. The molecule has 2 rings (SSSR count). The maximum Gasteiger partial charge on any atom is 0.207 e. The fraction of sp³-hybridized carbons (Fsp3) is 0.286. The highest BCUT2D eigenvalue weighted by Gasteiger charge is 2.15. The third-order valence-electron chi connectivity index (χ3n) is 2.82. The topological polar surface area (TPSA) is 46.9 Å². The summed E-state index contributed by atoms with van der Waals surface area (Å²) >= 11 is 0. The minimum Gasteiger partial charge on any atom is -0.349 e. The first kappa shape index (κ1) is 12.4. The Hall–Kier alpha value is -2.10. The van der Waals surface area contributed by atoms with Crippen molar-refractivity contribution in [3.05, 3.63) is 42.2 Å². The number of rotatable bonds is 5. The average Bonchev–Trinajstić information content (AvgIpc) is 2.68. The molecule has 1 N–H and O–H groups in total. The molecule has 0 aliphatic carbocycles. The lowest BCUT2D eigenvalue weighted by atomic mass is 10.2. The van der Waals surface area contributed by atoms with E-state index < -0.39 is 0 Å². The molecule has 4 nitrogen and oxygen atoms in total. The van der Waals surface area contributed by atoms with Gasteiger partial charge in [-0.05, 0) is 26.0 Å². The summed E-state index contributed by atoms with van der Waals surface area (Å²) in [4.78, 5) is 15.2. The second-order valence-corrected chi connectivity index (χ2v) is 4.51. The van der Waals surface area contributed by atoms with E-state index in [1.807, 2.05) is 38.1 Å². The number of hydrogen-bond acceptors (Lipinski definition) is 2. The maximum atomic E-state index is 10.6. The van der Waals surface area contributed by atoms with Gasteiger partial charge in [-0.2, -0.15) is 0 Å². The van der Waals surface area contributed by atoms with Gasteiger partial charge >= 0.3 is 0 Å². The van der Waals surface area contributed by atoms with Gasteiger partial charge in [-0.3, -0.25) is 4.79 Å². The summed E-state index contributed by atoms with van der Waals surface area (Å²) in [5, 5.41) is 2.74. The molecule has 0 spiro atoms. The normalized spacial score (nSPS) is 12.3. The second-order valence-electron chi connectivity index (χ2n) is 4.51. The van der Waals surface area contributed by atoms with Crippen LogP contribution in [0.1, 0.15) is 25.7 Å². The number of fused-ring (bicyclic) bond motifs is 1. The van der Waals surface area contributed by atoms with Crippen LogP contribution in [-0.2, 0) is 11.3 Å². The Morgan fingerprint density at radius 2 is 2.28 bits per heavy atom. The van der Waals surface area contributed by atoms with Crippen molar-refractivity contribution in [1.29, 1.82) is 0 Å². The molecule has 1 unspecified atom stereocenters. The first-order valence-electron chi connectivity index (χ1n) is 5.92. The van der Waals surface area contributed by atoms with Gasteiger partial charge in [-0.1, -0.05) is 24.3 Å². The molecule has 0 bridgehead atoms. The Morgan fingerprint density at radius 1 is 1.56 bits per heavy atom. The summed E-state index contributed by atoms with van der Waals surface area (Å²) in [7, 11) is 0. The highest BCUT2D eigenvalue weighted by Crippen LogP contribution is 2.21. The van der Waals surface area contributed by atoms with Crippen LogP contribution in [0.3, 0.4) is 0 Å². The predicted molar refractivity (Wildman–Crippen MR) is 72.2 cm³/mol. The number of nitrogens with zero attached hydrogens (tertiary/aromatic N) is 2. The molecule has 4 heteroatoms. The van der Waals surface area contributed by atoms with Gasteiger partial charge in [0.2, 0.25) is 6.41 Å². The van der Waals surface area contributed by atoms with Crippen LogP contribution in [0.4, 0.5) is 0 Å².